The predicted molar refractivity (Wildman–Crippen MR) is 86.7 cm³/mol. The first-order valence-electron chi connectivity index (χ1n) is 6.09. The molecule has 1 atom stereocenters. The second-order valence-electron chi connectivity index (χ2n) is 4.52. The molecule has 0 spiro atoms. The highest BCUT2D eigenvalue weighted by atomic mass is 79.9. The number of nitrogens with one attached hydrogen (secondary N) is 1. The third-order valence-corrected chi connectivity index (χ3v) is 5.49. The molecule has 2 rings (SSSR count). The Morgan fingerprint density at radius 3 is 2.48 bits per heavy atom. The second kappa shape index (κ2) is 6.81. The fraction of sp³-hybridized carbons (Fsp3) is 0.286. The average Bonchev–Trinajstić information content (AvgIpc) is 2.74. The summed E-state index contributed by atoms with van der Waals surface area (Å²) in [5.74, 6) is 0. The molecule has 1 aromatic heterocycles. The number of alkyl halides is 3. The zero-order valence-electron chi connectivity index (χ0n) is 11.0. The quantitative estimate of drug-likeness (QED) is 0.631. The summed E-state index contributed by atoms with van der Waals surface area (Å²) in [4.78, 5) is 0. The van der Waals surface area contributed by atoms with Gasteiger partial charge in [-0.2, -0.15) is 13.2 Å². The molecule has 0 saturated heterocycles. The lowest BCUT2D eigenvalue weighted by Gasteiger charge is -2.17. The van der Waals surface area contributed by atoms with Crippen molar-refractivity contribution >= 4 is 43.2 Å². The van der Waals surface area contributed by atoms with Crippen LogP contribution in [0.2, 0.25) is 0 Å². The number of halogens is 5. The van der Waals surface area contributed by atoms with Gasteiger partial charge < -0.3 is 5.32 Å². The van der Waals surface area contributed by atoms with Crippen LogP contribution in [0.15, 0.2) is 37.9 Å². The van der Waals surface area contributed by atoms with Gasteiger partial charge in [0.1, 0.15) is 0 Å². The molecule has 2 aromatic rings. The van der Waals surface area contributed by atoms with E-state index in [0.29, 0.717) is 12.0 Å². The molecule has 0 aliphatic heterocycles. The normalized spacial score (nSPS) is 13.4. The molecule has 0 amide bonds. The second-order valence-corrected chi connectivity index (χ2v) is 8.27. The third-order valence-electron chi connectivity index (χ3n) is 3.10. The Morgan fingerprint density at radius 2 is 1.95 bits per heavy atom. The van der Waals surface area contributed by atoms with Gasteiger partial charge in [-0.15, -0.1) is 11.3 Å². The van der Waals surface area contributed by atoms with E-state index in [0.717, 1.165) is 19.2 Å². The van der Waals surface area contributed by atoms with Crippen molar-refractivity contribution in [1.82, 2.24) is 5.32 Å². The van der Waals surface area contributed by atoms with E-state index in [1.54, 1.807) is 24.5 Å². The van der Waals surface area contributed by atoms with Crippen molar-refractivity contribution in [3.8, 4) is 0 Å². The third kappa shape index (κ3) is 4.31. The molecule has 1 aromatic carbocycles. The van der Waals surface area contributed by atoms with Crippen molar-refractivity contribution in [2.75, 3.05) is 7.05 Å². The highest BCUT2D eigenvalue weighted by molar-refractivity contribution is 9.12. The number of thiophene rings is 1. The van der Waals surface area contributed by atoms with Gasteiger partial charge in [0.25, 0.3) is 0 Å². The SMILES string of the molecule is CNC(Cc1cccc(C(F)(F)F)c1)c1cc(Br)sc1Br. The lowest BCUT2D eigenvalue weighted by molar-refractivity contribution is -0.137. The molecule has 1 unspecified atom stereocenters. The molecule has 1 nitrogen and oxygen atoms in total. The van der Waals surface area contributed by atoms with Gasteiger partial charge in [0.05, 0.1) is 13.1 Å². The number of rotatable bonds is 4. The minimum atomic E-state index is -4.31. The lowest BCUT2D eigenvalue weighted by Crippen LogP contribution is -2.19. The van der Waals surface area contributed by atoms with Crippen LogP contribution in [0.25, 0.3) is 0 Å². The Kier molecular flexibility index (Phi) is 5.51. The van der Waals surface area contributed by atoms with Crippen LogP contribution in [0.4, 0.5) is 13.2 Å². The summed E-state index contributed by atoms with van der Waals surface area (Å²) >= 11 is 8.45. The molecule has 114 valence electrons. The van der Waals surface area contributed by atoms with Crippen molar-refractivity contribution in [2.45, 2.75) is 18.6 Å². The zero-order valence-corrected chi connectivity index (χ0v) is 15.0. The Balaban J connectivity index is 2.25. The van der Waals surface area contributed by atoms with Crippen LogP contribution in [-0.4, -0.2) is 7.05 Å². The Labute approximate surface area is 141 Å². The highest BCUT2D eigenvalue weighted by Gasteiger charge is 2.30. The summed E-state index contributed by atoms with van der Waals surface area (Å²) in [7, 11) is 1.80. The van der Waals surface area contributed by atoms with Crippen molar-refractivity contribution in [3.05, 3.63) is 54.6 Å². The lowest BCUT2D eigenvalue weighted by atomic mass is 9.99. The molecule has 0 bridgehead atoms. The van der Waals surface area contributed by atoms with Crippen molar-refractivity contribution < 1.29 is 13.2 Å². The van der Waals surface area contributed by atoms with Crippen molar-refractivity contribution in [1.29, 1.82) is 0 Å². The number of hydrogen-bond donors (Lipinski definition) is 1. The fourth-order valence-corrected chi connectivity index (χ4v) is 5.04. The minimum absolute atomic E-state index is 0.0505. The van der Waals surface area contributed by atoms with Gasteiger partial charge in [0.2, 0.25) is 0 Å². The molecule has 1 heterocycles. The van der Waals surface area contributed by atoms with Gasteiger partial charge in [-0.1, -0.05) is 18.2 Å². The molecule has 1 N–H and O–H groups in total. The average molecular weight is 443 g/mol. The molecular weight excluding hydrogens is 431 g/mol. The molecule has 0 fully saturated rings. The van der Waals surface area contributed by atoms with Gasteiger partial charge in [0, 0.05) is 6.04 Å². The van der Waals surface area contributed by atoms with Gasteiger partial charge in [-0.3, -0.25) is 0 Å². The molecule has 0 aliphatic rings. The molecule has 0 saturated carbocycles. The van der Waals surface area contributed by atoms with Crippen molar-refractivity contribution in [3.63, 3.8) is 0 Å². The van der Waals surface area contributed by atoms with E-state index in [-0.39, 0.29) is 6.04 Å². The van der Waals surface area contributed by atoms with E-state index >= 15 is 0 Å². The summed E-state index contributed by atoms with van der Waals surface area (Å²) in [5, 5.41) is 3.15. The Morgan fingerprint density at radius 1 is 1.24 bits per heavy atom. The molecule has 21 heavy (non-hydrogen) atoms. The van der Waals surface area contributed by atoms with Crippen LogP contribution in [0.3, 0.4) is 0 Å². The first-order chi connectivity index (χ1) is 9.81. The summed E-state index contributed by atoms with van der Waals surface area (Å²) < 4.78 is 40.2. The van der Waals surface area contributed by atoms with Crippen LogP contribution < -0.4 is 5.32 Å². The summed E-state index contributed by atoms with van der Waals surface area (Å²) in [6, 6.07) is 7.39. The maximum Gasteiger partial charge on any atom is 0.416 e. The van der Waals surface area contributed by atoms with E-state index in [2.05, 4.69) is 37.2 Å². The molecule has 0 radical (unpaired) electrons. The topological polar surface area (TPSA) is 12.0 Å². The summed E-state index contributed by atoms with van der Waals surface area (Å²) in [5.41, 5.74) is 1.07. The van der Waals surface area contributed by atoms with E-state index in [1.165, 1.54) is 12.1 Å². The van der Waals surface area contributed by atoms with Crippen LogP contribution in [0.5, 0.6) is 0 Å². The Hall–Kier alpha value is -0.370. The van der Waals surface area contributed by atoms with Crippen LogP contribution in [0, 0.1) is 0 Å². The summed E-state index contributed by atoms with van der Waals surface area (Å²) in [6.07, 6.45) is -3.82. The van der Waals surface area contributed by atoms with Gasteiger partial charge in [-0.25, -0.2) is 0 Å². The van der Waals surface area contributed by atoms with Crippen LogP contribution in [-0.2, 0) is 12.6 Å². The molecular formula is C14H12Br2F3NS. The van der Waals surface area contributed by atoms with E-state index < -0.39 is 11.7 Å². The van der Waals surface area contributed by atoms with E-state index in [1.807, 2.05) is 6.07 Å². The van der Waals surface area contributed by atoms with Crippen LogP contribution in [0.1, 0.15) is 22.7 Å². The largest absolute Gasteiger partial charge is 0.416 e. The number of likely N-dealkylation sites (N-methyl/N-ethyl adjacent to an activating group) is 1. The van der Waals surface area contributed by atoms with Gasteiger partial charge in [0.15, 0.2) is 0 Å². The standard InChI is InChI=1S/C14H12Br2F3NS/c1-20-11(10-7-12(15)21-13(10)16)6-8-3-2-4-9(5-8)14(17,18)19/h2-5,7,11,20H,6H2,1H3. The van der Waals surface area contributed by atoms with Crippen LogP contribution >= 0.6 is 43.2 Å². The van der Waals surface area contributed by atoms with Crippen molar-refractivity contribution in [2.24, 2.45) is 0 Å². The predicted octanol–water partition coefficient (Wildman–Crippen LogP) is 5.80. The maximum absolute atomic E-state index is 12.7. The Bertz CT molecular complexity index is 625. The number of benzene rings is 1. The highest BCUT2D eigenvalue weighted by Crippen LogP contribution is 2.37. The van der Waals surface area contributed by atoms with E-state index in [9.17, 15) is 13.2 Å². The van der Waals surface area contributed by atoms with Gasteiger partial charge >= 0.3 is 6.18 Å². The monoisotopic (exact) mass is 441 g/mol. The minimum Gasteiger partial charge on any atom is -0.313 e. The first-order valence-corrected chi connectivity index (χ1v) is 8.49. The number of hydrogen-bond acceptors (Lipinski definition) is 2. The summed E-state index contributed by atoms with van der Waals surface area (Å²) in [6.45, 7) is 0. The molecule has 7 heteroatoms. The maximum atomic E-state index is 12.7. The molecule has 0 aliphatic carbocycles. The first kappa shape index (κ1) is 17.0. The smallest absolute Gasteiger partial charge is 0.313 e. The fourth-order valence-electron chi connectivity index (χ4n) is 2.07. The van der Waals surface area contributed by atoms with E-state index in [4.69, 9.17) is 0 Å². The zero-order chi connectivity index (χ0) is 15.6. The van der Waals surface area contributed by atoms with Gasteiger partial charge in [-0.05, 0) is 68.6 Å².